The van der Waals surface area contributed by atoms with Crippen LogP contribution < -0.4 is 15.9 Å². The van der Waals surface area contributed by atoms with Gasteiger partial charge < -0.3 is 4.57 Å². The van der Waals surface area contributed by atoms with Crippen LogP contribution in [-0.2, 0) is 4.57 Å². The molecule has 0 fully saturated rings. The van der Waals surface area contributed by atoms with Crippen molar-refractivity contribution in [1.82, 2.24) is 0 Å². The number of benzene rings is 3. The van der Waals surface area contributed by atoms with E-state index in [1.165, 1.54) is 10.9 Å². The van der Waals surface area contributed by atoms with Crippen molar-refractivity contribution in [1.29, 1.82) is 0 Å². The van der Waals surface area contributed by atoms with Crippen LogP contribution in [0.25, 0.3) is 0 Å². The third kappa shape index (κ3) is 3.65. The highest BCUT2D eigenvalue weighted by Crippen LogP contribution is 2.59. The van der Waals surface area contributed by atoms with Gasteiger partial charge in [0.25, 0.3) is 0 Å². The molecular weight excluding hydrogens is 402 g/mol. The maximum Gasteiger partial charge on any atom is 0.151 e. The summed E-state index contributed by atoms with van der Waals surface area (Å²) >= 11 is 6.89. The van der Waals surface area contributed by atoms with E-state index in [1.807, 2.05) is 60.7 Å². The minimum Gasteiger partial charge on any atom is -0.313 e. The first-order chi connectivity index (χ1) is 13.6. The molecule has 0 spiro atoms. The molecule has 2 atom stereocenters. The number of hydrogen-bond donors (Lipinski definition) is 0. The Morgan fingerprint density at radius 3 is 1.79 bits per heavy atom. The van der Waals surface area contributed by atoms with Crippen molar-refractivity contribution < 1.29 is 4.57 Å². The summed E-state index contributed by atoms with van der Waals surface area (Å²) in [6, 6.07) is 30.4. The molecule has 142 valence electrons. The third-order valence-electron chi connectivity index (χ3n) is 5.36. The van der Waals surface area contributed by atoms with Crippen LogP contribution in [-0.4, -0.2) is 18.0 Å². The molecule has 1 unspecified atom stereocenters. The lowest BCUT2D eigenvalue weighted by Gasteiger charge is -2.36. The third-order valence-corrected chi connectivity index (χ3v) is 12.5. The maximum atomic E-state index is 14.8. The summed E-state index contributed by atoms with van der Waals surface area (Å²) in [7, 11) is -3.36. The van der Waals surface area contributed by atoms with Crippen molar-refractivity contribution in [3.05, 3.63) is 102 Å². The van der Waals surface area contributed by atoms with Crippen molar-refractivity contribution >= 4 is 42.6 Å². The lowest BCUT2D eigenvalue weighted by Crippen LogP contribution is -2.32. The van der Waals surface area contributed by atoms with Crippen LogP contribution in [0, 0.1) is 0 Å². The normalized spacial score (nSPS) is 20.2. The summed E-state index contributed by atoms with van der Waals surface area (Å²) < 4.78 is 14.8. The average molecular weight is 425 g/mol. The fraction of sp³-hybridized carbons (Fsp3) is 0.167. The molecule has 1 heterocycles. The molecule has 0 aromatic heterocycles. The predicted molar refractivity (Wildman–Crippen MR) is 125 cm³/mol. The molecule has 0 saturated heterocycles. The molecule has 1 aliphatic rings. The molecule has 0 saturated carbocycles. The highest BCUT2D eigenvalue weighted by Gasteiger charge is 2.42. The molecule has 3 aromatic rings. The van der Waals surface area contributed by atoms with Crippen LogP contribution in [0.3, 0.4) is 0 Å². The van der Waals surface area contributed by atoms with Crippen LogP contribution in [0.2, 0.25) is 0 Å². The largest absolute Gasteiger partial charge is 0.313 e. The number of hydrogen-bond acceptors (Lipinski definition) is 1. The van der Waals surface area contributed by atoms with Gasteiger partial charge in [-0.25, -0.2) is 0 Å². The van der Waals surface area contributed by atoms with E-state index in [2.05, 4.69) is 37.3 Å². The van der Waals surface area contributed by atoms with Gasteiger partial charge in [0.15, 0.2) is 7.14 Å². The number of halogens is 1. The highest BCUT2D eigenvalue weighted by molar-refractivity contribution is 7.80. The summed E-state index contributed by atoms with van der Waals surface area (Å²) in [6.07, 6.45) is 1.84. The fourth-order valence-electron chi connectivity index (χ4n) is 3.92. The summed E-state index contributed by atoms with van der Waals surface area (Å²) in [4.78, 5) is 0. The molecule has 0 aliphatic carbocycles. The zero-order chi connectivity index (χ0) is 19.6. The topological polar surface area (TPSA) is 17.1 Å². The van der Waals surface area contributed by atoms with Gasteiger partial charge in [0.1, 0.15) is 0 Å². The molecule has 1 aliphatic heterocycles. The molecule has 28 heavy (non-hydrogen) atoms. The van der Waals surface area contributed by atoms with E-state index < -0.39 is 15.1 Å². The molecule has 1 nitrogen and oxygen atoms in total. The van der Waals surface area contributed by atoms with Gasteiger partial charge in [0.05, 0.1) is 5.66 Å². The molecule has 0 N–H and O–H groups in total. The van der Waals surface area contributed by atoms with Gasteiger partial charge in [-0.2, -0.15) is 0 Å². The molecule has 0 radical (unpaired) electrons. The van der Waals surface area contributed by atoms with E-state index in [0.717, 1.165) is 28.0 Å². The SMILES string of the molecule is CC1=C(Cl)[C@H](P(=O)(c2ccccc2)c2ccccc2)CP(c2ccccc2)C1. The van der Waals surface area contributed by atoms with Gasteiger partial charge in [-0.3, -0.25) is 0 Å². The Morgan fingerprint density at radius 1 is 0.821 bits per heavy atom. The Hall–Kier alpha value is -1.65. The second-order valence-corrected chi connectivity index (χ2v) is 12.8. The first-order valence-corrected chi connectivity index (χ1v) is 13.3. The highest BCUT2D eigenvalue weighted by atomic mass is 35.5. The Bertz CT molecular complexity index is 973. The summed E-state index contributed by atoms with van der Waals surface area (Å²) in [5, 5.41) is 3.94. The van der Waals surface area contributed by atoms with Crippen LogP contribution in [0.5, 0.6) is 0 Å². The summed E-state index contributed by atoms with van der Waals surface area (Å²) in [5.74, 6) is 0. The van der Waals surface area contributed by atoms with E-state index in [9.17, 15) is 4.57 Å². The molecule has 4 heteroatoms. The van der Waals surface area contributed by atoms with Gasteiger partial charge in [-0.05, 0) is 24.6 Å². The molecular formula is C24H23ClOP2. The zero-order valence-corrected chi connectivity index (χ0v) is 18.4. The van der Waals surface area contributed by atoms with Crippen molar-refractivity contribution in [2.24, 2.45) is 0 Å². The molecule has 0 amide bonds. The van der Waals surface area contributed by atoms with Crippen LogP contribution in [0.15, 0.2) is 102 Å². The van der Waals surface area contributed by atoms with Crippen molar-refractivity contribution in [2.45, 2.75) is 12.6 Å². The maximum absolute atomic E-state index is 14.8. The monoisotopic (exact) mass is 424 g/mol. The van der Waals surface area contributed by atoms with E-state index in [-0.39, 0.29) is 5.66 Å². The lowest BCUT2D eigenvalue weighted by atomic mass is 10.2. The van der Waals surface area contributed by atoms with E-state index in [1.54, 1.807) is 0 Å². The van der Waals surface area contributed by atoms with E-state index in [0.29, 0.717) is 0 Å². The predicted octanol–water partition coefficient (Wildman–Crippen LogP) is 5.70. The Morgan fingerprint density at radius 2 is 1.29 bits per heavy atom. The Labute approximate surface area is 173 Å². The quantitative estimate of drug-likeness (QED) is 0.491. The zero-order valence-electron chi connectivity index (χ0n) is 15.8. The van der Waals surface area contributed by atoms with Gasteiger partial charge in [-0.15, -0.1) is 0 Å². The fourth-order valence-corrected chi connectivity index (χ4v) is 11.4. The number of allylic oxidation sites excluding steroid dienone is 2. The first-order valence-electron chi connectivity index (χ1n) is 9.47. The molecule has 3 aromatic carbocycles. The summed E-state index contributed by atoms with van der Waals surface area (Å²) in [5.41, 5.74) is 1.01. The van der Waals surface area contributed by atoms with Gasteiger partial charge in [-0.1, -0.05) is 116 Å². The van der Waals surface area contributed by atoms with Crippen molar-refractivity contribution in [2.75, 3.05) is 12.3 Å². The van der Waals surface area contributed by atoms with Crippen LogP contribution in [0.1, 0.15) is 6.92 Å². The lowest BCUT2D eigenvalue weighted by molar-refractivity contribution is 0.583. The van der Waals surface area contributed by atoms with Gasteiger partial charge in [0.2, 0.25) is 0 Å². The minimum atomic E-state index is -2.92. The van der Waals surface area contributed by atoms with Crippen molar-refractivity contribution in [3.63, 3.8) is 0 Å². The Kier molecular flexibility index (Phi) is 5.88. The van der Waals surface area contributed by atoms with Crippen LogP contribution in [0.4, 0.5) is 0 Å². The summed E-state index contributed by atoms with van der Waals surface area (Å²) in [6.45, 7) is 2.10. The van der Waals surface area contributed by atoms with E-state index >= 15 is 0 Å². The van der Waals surface area contributed by atoms with Crippen LogP contribution >= 0.6 is 26.7 Å². The second-order valence-electron chi connectivity index (χ2n) is 7.19. The molecule has 4 rings (SSSR count). The van der Waals surface area contributed by atoms with Gasteiger partial charge in [0, 0.05) is 15.6 Å². The number of rotatable bonds is 4. The first kappa shape index (κ1) is 19.7. The average Bonchev–Trinajstić information content (AvgIpc) is 2.77. The van der Waals surface area contributed by atoms with Crippen molar-refractivity contribution in [3.8, 4) is 0 Å². The Balaban J connectivity index is 1.86. The second kappa shape index (κ2) is 8.38. The standard InChI is InChI=1S/C24H23ClOP2/c1-19-17-27(20-11-5-2-6-12-20)18-23(24(19)25)28(26,21-13-7-3-8-14-21)22-15-9-4-10-16-22/h2-16,23H,17-18H2,1H3/t23-,27?/m1/s1. The minimum absolute atomic E-state index is 0.168. The van der Waals surface area contributed by atoms with E-state index in [4.69, 9.17) is 11.6 Å². The van der Waals surface area contributed by atoms with Gasteiger partial charge >= 0.3 is 0 Å². The molecule has 0 bridgehead atoms. The smallest absolute Gasteiger partial charge is 0.151 e.